The second kappa shape index (κ2) is 5.89. The van der Waals surface area contributed by atoms with E-state index in [-0.39, 0.29) is 5.33 Å². The molecule has 16 heavy (non-hydrogen) atoms. The largest absolute Gasteiger partial charge is 0.411 e. The average Bonchev–Trinajstić information content (AvgIpc) is 2.20. The van der Waals surface area contributed by atoms with E-state index in [1.165, 1.54) is 0 Å². The van der Waals surface area contributed by atoms with Gasteiger partial charge in [-0.1, -0.05) is 45.7 Å². The van der Waals surface area contributed by atoms with E-state index in [2.05, 4.69) is 15.9 Å². The quantitative estimate of drug-likeness (QED) is 0.750. The second-order valence-corrected chi connectivity index (χ2v) is 4.15. The van der Waals surface area contributed by atoms with E-state index in [1.54, 1.807) is 24.3 Å². The van der Waals surface area contributed by atoms with Crippen molar-refractivity contribution in [2.75, 3.05) is 11.9 Å². The van der Waals surface area contributed by atoms with Gasteiger partial charge in [-0.15, -0.1) is 0 Å². The first kappa shape index (κ1) is 13.8. The molecule has 0 N–H and O–H groups in total. The smallest absolute Gasteiger partial charge is 0.363 e. The highest BCUT2D eigenvalue weighted by atomic mass is 79.9. The number of benzene rings is 1. The molecule has 1 rings (SSSR count). The highest BCUT2D eigenvalue weighted by molar-refractivity contribution is 9.09. The van der Waals surface area contributed by atoms with Crippen molar-refractivity contribution in [3.8, 4) is 0 Å². The molecule has 1 atom stereocenters. The standard InChI is InChI=1S/C10H9BrClF3O/c11-5-9(16-6-10(13,14)15)7-3-1-2-4-8(7)12/h1-4,9H,5-6H2. The summed E-state index contributed by atoms with van der Waals surface area (Å²) in [6.07, 6.45) is -5.03. The normalized spacial score (nSPS) is 13.8. The van der Waals surface area contributed by atoms with Gasteiger partial charge >= 0.3 is 6.18 Å². The molecule has 0 spiro atoms. The maximum atomic E-state index is 12.0. The van der Waals surface area contributed by atoms with E-state index in [4.69, 9.17) is 16.3 Å². The summed E-state index contributed by atoms with van der Waals surface area (Å²) >= 11 is 8.97. The third kappa shape index (κ3) is 4.31. The Balaban J connectivity index is 2.72. The lowest BCUT2D eigenvalue weighted by atomic mass is 10.1. The Morgan fingerprint density at radius 2 is 1.94 bits per heavy atom. The van der Waals surface area contributed by atoms with E-state index in [0.29, 0.717) is 10.6 Å². The lowest BCUT2D eigenvalue weighted by Crippen LogP contribution is -2.20. The van der Waals surface area contributed by atoms with Crippen molar-refractivity contribution >= 4 is 27.5 Å². The fourth-order valence-corrected chi connectivity index (χ4v) is 1.94. The van der Waals surface area contributed by atoms with E-state index in [0.717, 1.165) is 0 Å². The monoisotopic (exact) mass is 316 g/mol. The van der Waals surface area contributed by atoms with Crippen molar-refractivity contribution in [2.45, 2.75) is 12.3 Å². The minimum Gasteiger partial charge on any atom is -0.363 e. The summed E-state index contributed by atoms with van der Waals surface area (Å²) in [5, 5.41) is 0.654. The molecule has 0 heterocycles. The topological polar surface area (TPSA) is 9.23 Å². The molecule has 1 unspecified atom stereocenters. The first-order valence-corrected chi connectivity index (χ1v) is 5.92. The van der Waals surface area contributed by atoms with Gasteiger partial charge in [0, 0.05) is 15.9 Å². The van der Waals surface area contributed by atoms with Crippen molar-refractivity contribution in [1.29, 1.82) is 0 Å². The predicted molar refractivity (Wildman–Crippen MR) is 60.0 cm³/mol. The van der Waals surface area contributed by atoms with Crippen LogP contribution in [0.3, 0.4) is 0 Å². The van der Waals surface area contributed by atoms with Gasteiger partial charge in [0.2, 0.25) is 0 Å². The van der Waals surface area contributed by atoms with Crippen LogP contribution in [0, 0.1) is 0 Å². The molecular formula is C10H9BrClF3O. The predicted octanol–water partition coefficient (Wildman–Crippen LogP) is 4.35. The van der Waals surface area contributed by atoms with Gasteiger partial charge in [-0.2, -0.15) is 13.2 Å². The lowest BCUT2D eigenvalue weighted by Gasteiger charge is -2.18. The number of hydrogen-bond acceptors (Lipinski definition) is 1. The second-order valence-electron chi connectivity index (χ2n) is 3.09. The molecule has 0 fully saturated rings. The number of hydrogen-bond donors (Lipinski definition) is 0. The van der Waals surface area contributed by atoms with Crippen LogP contribution in [0.2, 0.25) is 5.02 Å². The van der Waals surface area contributed by atoms with Gasteiger partial charge in [-0.05, 0) is 6.07 Å². The van der Waals surface area contributed by atoms with Crippen LogP contribution in [0.1, 0.15) is 11.7 Å². The van der Waals surface area contributed by atoms with E-state index in [1.807, 2.05) is 0 Å². The molecular weight excluding hydrogens is 308 g/mol. The molecule has 0 aliphatic rings. The van der Waals surface area contributed by atoms with Crippen LogP contribution >= 0.6 is 27.5 Å². The fourth-order valence-electron chi connectivity index (χ4n) is 1.15. The Hall–Kier alpha value is -0.260. The molecule has 1 aromatic carbocycles. The molecule has 0 saturated carbocycles. The van der Waals surface area contributed by atoms with Crippen molar-refractivity contribution in [1.82, 2.24) is 0 Å². The van der Waals surface area contributed by atoms with Crippen molar-refractivity contribution < 1.29 is 17.9 Å². The Labute approximate surface area is 105 Å². The van der Waals surface area contributed by atoms with Crippen LogP contribution in [0.25, 0.3) is 0 Å². The molecule has 0 aromatic heterocycles. The number of alkyl halides is 4. The van der Waals surface area contributed by atoms with Crippen molar-refractivity contribution in [3.05, 3.63) is 34.9 Å². The zero-order valence-corrected chi connectivity index (χ0v) is 10.4. The van der Waals surface area contributed by atoms with Gasteiger partial charge in [-0.3, -0.25) is 0 Å². The molecule has 0 aliphatic carbocycles. The van der Waals surface area contributed by atoms with Gasteiger partial charge in [-0.25, -0.2) is 0 Å². The minimum atomic E-state index is -4.33. The van der Waals surface area contributed by atoms with Crippen LogP contribution in [-0.4, -0.2) is 18.1 Å². The van der Waals surface area contributed by atoms with Crippen molar-refractivity contribution in [3.63, 3.8) is 0 Å². The zero-order chi connectivity index (χ0) is 12.2. The van der Waals surface area contributed by atoms with Crippen LogP contribution in [-0.2, 0) is 4.74 Å². The summed E-state index contributed by atoms with van der Waals surface area (Å²) in [7, 11) is 0. The third-order valence-corrected chi connectivity index (χ3v) is 2.77. The lowest BCUT2D eigenvalue weighted by molar-refractivity contribution is -0.183. The van der Waals surface area contributed by atoms with Crippen LogP contribution < -0.4 is 0 Å². The van der Waals surface area contributed by atoms with Crippen LogP contribution in [0.15, 0.2) is 24.3 Å². The molecule has 0 radical (unpaired) electrons. The van der Waals surface area contributed by atoms with E-state index < -0.39 is 18.9 Å². The zero-order valence-electron chi connectivity index (χ0n) is 8.10. The molecule has 1 aromatic rings. The number of rotatable bonds is 4. The Morgan fingerprint density at radius 1 is 1.31 bits per heavy atom. The number of halogens is 5. The van der Waals surface area contributed by atoms with Gasteiger partial charge < -0.3 is 4.74 Å². The fraction of sp³-hybridized carbons (Fsp3) is 0.400. The molecule has 90 valence electrons. The molecule has 1 nitrogen and oxygen atoms in total. The van der Waals surface area contributed by atoms with Gasteiger partial charge in [0.05, 0.1) is 6.10 Å². The van der Waals surface area contributed by atoms with Gasteiger partial charge in [0.1, 0.15) is 6.61 Å². The Kier molecular flexibility index (Phi) is 5.08. The molecule has 0 saturated heterocycles. The summed E-state index contributed by atoms with van der Waals surface area (Å²) in [5.41, 5.74) is 0.547. The van der Waals surface area contributed by atoms with E-state index >= 15 is 0 Å². The third-order valence-electron chi connectivity index (χ3n) is 1.84. The first-order valence-electron chi connectivity index (χ1n) is 4.43. The summed E-state index contributed by atoms with van der Waals surface area (Å²) in [5.74, 6) is 0. The Morgan fingerprint density at radius 3 is 2.44 bits per heavy atom. The molecule has 0 aliphatic heterocycles. The SMILES string of the molecule is FC(F)(F)COC(CBr)c1ccccc1Cl. The maximum Gasteiger partial charge on any atom is 0.411 e. The highest BCUT2D eigenvalue weighted by Gasteiger charge is 2.29. The van der Waals surface area contributed by atoms with Crippen LogP contribution in [0.4, 0.5) is 13.2 Å². The van der Waals surface area contributed by atoms with Gasteiger partial charge in [0.25, 0.3) is 0 Å². The van der Waals surface area contributed by atoms with Crippen molar-refractivity contribution in [2.24, 2.45) is 0 Å². The minimum absolute atomic E-state index is 0.257. The van der Waals surface area contributed by atoms with Crippen LogP contribution in [0.5, 0.6) is 0 Å². The first-order chi connectivity index (χ1) is 7.44. The summed E-state index contributed by atoms with van der Waals surface area (Å²) in [4.78, 5) is 0. The maximum absolute atomic E-state index is 12.0. The van der Waals surface area contributed by atoms with Gasteiger partial charge in [0.15, 0.2) is 0 Å². The summed E-state index contributed by atoms with van der Waals surface area (Å²) in [6, 6.07) is 6.67. The Bertz CT molecular complexity index is 343. The molecule has 0 amide bonds. The average molecular weight is 318 g/mol. The summed E-state index contributed by atoms with van der Waals surface area (Å²) in [6.45, 7) is -1.28. The highest BCUT2D eigenvalue weighted by Crippen LogP contribution is 2.28. The van der Waals surface area contributed by atoms with E-state index in [9.17, 15) is 13.2 Å². The molecule has 0 bridgehead atoms. The summed E-state index contributed by atoms with van der Waals surface area (Å²) < 4.78 is 40.8. The molecule has 6 heteroatoms. The number of ether oxygens (including phenoxy) is 1.